The Balaban J connectivity index is 1.46. The molecule has 1 saturated carbocycles. The van der Waals surface area contributed by atoms with Gasteiger partial charge in [-0.2, -0.15) is 13.2 Å². The molecule has 0 bridgehead atoms. The lowest BCUT2D eigenvalue weighted by Crippen LogP contribution is -2.39. The van der Waals surface area contributed by atoms with Crippen molar-refractivity contribution in [2.75, 3.05) is 29.9 Å². The van der Waals surface area contributed by atoms with E-state index in [0.717, 1.165) is 43.7 Å². The second-order valence-electron chi connectivity index (χ2n) is 7.37. The molecule has 0 atom stereocenters. The van der Waals surface area contributed by atoms with Crippen LogP contribution in [0, 0.1) is 11.8 Å². The minimum Gasteiger partial charge on any atom is -0.384 e. The van der Waals surface area contributed by atoms with Gasteiger partial charge >= 0.3 is 6.18 Å². The molecule has 1 aliphatic heterocycles. The highest BCUT2D eigenvalue weighted by molar-refractivity contribution is 5.48. The third kappa shape index (κ3) is 5.00. The van der Waals surface area contributed by atoms with Crippen LogP contribution in [0.2, 0.25) is 0 Å². The molecule has 25 heavy (non-hydrogen) atoms. The SMILES string of the molecule is N[C@H]1CC[C@H](CNc2ccc(N3CCC(C(F)(F)F)CC3)nc2)CC1. The maximum atomic E-state index is 12.7. The third-order valence-electron chi connectivity index (χ3n) is 5.52. The second kappa shape index (κ2) is 7.81. The minimum atomic E-state index is -4.07. The van der Waals surface area contributed by atoms with Gasteiger partial charge in [-0.05, 0) is 56.6 Å². The van der Waals surface area contributed by atoms with Gasteiger partial charge in [0.1, 0.15) is 5.82 Å². The van der Waals surface area contributed by atoms with Crippen molar-refractivity contribution in [2.24, 2.45) is 17.6 Å². The summed E-state index contributed by atoms with van der Waals surface area (Å²) in [5.74, 6) is 0.240. The molecule has 1 aromatic rings. The zero-order valence-corrected chi connectivity index (χ0v) is 14.4. The number of hydrogen-bond acceptors (Lipinski definition) is 4. The molecule has 7 heteroatoms. The number of pyridine rings is 1. The van der Waals surface area contributed by atoms with E-state index in [1.165, 1.54) is 0 Å². The summed E-state index contributed by atoms with van der Waals surface area (Å²) in [5, 5.41) is 3.42. The molecule has 0 amide bonds. The smallest absolute Gasteiger partial charge is 0.384 e. The van der Waals surface area contributed by atoms with Crippen molar-refractivity contribution in [2.45, 2.75) is 50.7 Å². The molecule has 1 aromatic heterocycles. The topological polar surface area (TPSA) is 54.2 Å². The average Bonchev–Trinajstić information content (AvgIpc) is 2.61. The van der Waals surface area contributed by atoms with Crippen LogP contribution in [0.25, 0.3) is 0 Å². The highest BCUT2D eigenvalue weighted by Gasteiger charge is 2.41. The van der Waals surface area contributed by atoms with E-state index in [1.807, 2.05) is 17.0 Å². The number of alkyl halides is 3. The Morgan fingerprint density at radius 2 is 1.76 bits per heavy atom. The Morgan fingerprint density at radius 1 is 1.08 bits per heavy atom. The lowest BCUT2D eigenvalue weighted by atomic mass is 9.86. The van der Waals surface area contributed by atoms with Gasteiger partial charge in [-0.15, -0.1) is 0 Å². The largest absolute Gasteiger partial charge is 0.391 e. The number of nitrogens with two attached hydrogens (primary N) is 1. The monoisotopic (exact) mass is 356 g/mol. The molecule has 140 valence electrons. The quantitative estimate of drug-likeness (QED) is 0.862. The van der Waals surface area contributed by atoms with Crippen molar-refractivity contribution in [1.82, 2.24) is 4.98 Å². The van der Waals surface area contributed by atoms with E-state index in [1.54, 1.807) is 6.20 Å². The summed E-state index contributed by atoms with van der Waals surface area (Å²) in [5.41, 5.74) is 6.89. The lowest BCUT2D eigenvalue weighted by molar-refractivity contribution is -0.179. The molecular formula is C18H27F3N4. The molecule has 1 saturated heterocycles. The van der Waals surface area contributed by atoms with Crippen LogP contribution in [0.3, 0.4) is 0 Å². The highest BCUT2D eigenvalue weighted by Crippen LogP contribution is 2.35. The molecule has 2 aliphatic rings. The van der Waals surface area contributed by atoms with Gasteiger partial charge < -0.3 is 16.0 Å². The summed E-state index contributed by atoms with van der Waals surface area (Å²) in [4.78, 5) is 6.37. The van der Waals surface area contributed by atoms with Crippen molar-refractivity contribution < 1.29 is 13.2 Å². The maximum absolute atomic E-state index is 12.7. The molecule has 4 nitrogen and oxygen atoms in total. The fourth-order valence-corrected chi connectivity index (χ4v) is 3.77. The van der Waals surface area contributed by atoms with Gasteiger partial charge in [-0.3, -0.25) is 0 Å². The predicted molar refractivity (Wildman–Crippen MR) is 93.7 cm³/mol. The Morgan fingerprint density at radius 3 is 2.32 bits per heavy atom. The van der Waals surface area contributed by atoms with Gasteiger partial charge in [0, 0.05) is 25.7 Å². The standard InChI is InChI=1S/C18H27F3N4/c19-18(20,21)14-7-9-25(10-8-14)17-6-5-16(12-24-17)23-11-13-1-3-15(22)4-2-13/h5-6,12-15,23H,1-4,7-11,22H2/t13-,15-. The van der Waals surface area contributed by atoms with E-state index in [0.29, 0.717) is 25.0 Å². The number of nitrogens with one attached hydrogen (secondary N) is 1. The van der Waals surface area contributed by atoms with Crippen molar-refractivity contribution in [3.05, 3.63) is 18.3 Å². The normalized spacial score (nSPS) is 25.8. The van der Waals surface area contributed by atoms with Gasteiger partial charge in [0.25, 0.3) is 0 Å². The summed E-state index contributed by atoms with van der Waals surface area (Å²) in [7, 11) is 0. The van der Waals surface area contributed by atoms with Crippen LogP contribution in [-0.2, 0) is 0 Å². The zero-order valence-electron chi connectivity index (χ0n) is 14.4. The number of anilines is 2. The molecule has 2 fully saturated rings. The Bertz CT molecular complexity index is 530. The van der Waals surface area contributed by atoms with E-state index in [-0.39, 0.29) is 12.8 Å². The predicted octanol–water partition coefficient (Wildman–Crippen LogP) is 3.79. The first kappa shape index (κ1) is 18.3. The first-order chi connectivity index (χ1) is 11.9. The number of piperidine rings is 1. The van der Waals surface area contributed by atoms with Gasteiger partial charge in [0.15, 0.2) is 0 Å². The molecular weight excluding hydrogens is 329 g/mol. The molecule has 3 rings (SSSR count). The van der Waals surface area contributed by atoms with Crippen molar-refractivity contribution in [1.29, 1.82) is 0 Å². The molecule has 0 aromatic carbocycles. The van der Waals surface area contributed by atoms with Gasteiger partial charge in [-0.25, -0.2) is 4.98 Å². The van der Waals surface area contributed by atoms with E-state index in [4.69, 9.17) is 5.73 Å². The fourth-order valence-electron chi connectivity index (χ4n) is 3.77. The number of halogens is 3. The molecule has 0 spiro atoms. The van der Waals surface area contributed by atoms with Crippen LogP contribution in [0.4, 0.5) is 24.7 Å². The van der Waals surface area contributed by atoms with Crippen molar-refractivity contribution in [3.63, 3.8) is 0 Å². The average molecular weight is 356 g/mol. The lowest BCUT2D eigenvalue weighted by Gasteiger charge is -2.33. The minimum absolute atomic E-state index is 0.148. The Hall–Kier alpha value is -1.50. The van der Waals surface area contributed by atoms with Crippen LogP contribution in [-0.4, -0.2) is 36.8 Å². The summed E-state index contributed by atoms with van der Waals surface area (Å²) in [6.07, 6.45) is 2.51. The fraction of sp³-hybridized carbons (Fsp3) is 0.722. The van der Waals surface area contributed by atoms with Crippen LogP contribution >= 0.6 is 0 Å². The van der Waals surface area contributed by atoms with Crippen LogP contribution in [0.15, 0.2) is 18.3 Å². The number of hydrogen-bond donors (Lipinski definition) is 2. The summed E-state index contributed by atoms with van der Waals surface area (Å²) in [6.45, 7) is 1.74. The Kier molecular flexibility index (Phi) is 5.71. The third-order valence-corrected chi connectivity index (χ3v) is 5.52. The Labute approximate surface area is 147 Å². The maximum Gasteiger partial charge on any atom is 0.391 e. The first-order valence-electron chi connectivity index (χ1n) is 9.19. The summed E-state index contributed by atoms with van der Waals surface area (Å²) >= 11 is 0. The van der Waals surface area contributed by atoms with Crippen LogP contribution in [0.5, 0.6) is 0 Å². The van der Waals surface area contributed by atoms with Crippen LogP contribution in [0.1, 0.15) is 38.5 Å². The number of rotatable bonds is 4. The highest BCUT2D eigenvalue weighted by atomic mass is 19.4. The molecule has 0 radical (unpaired) electrons. The van der Waals surface area contributed by atoms with Crippen molar-refractivity contribution in [3.8, 4) is 0 Å². The summed E-state index contributed by atoms with van der Waals surface area (Å²) in [6, 6.07) is 4.22. The van der Waals surface area contributed by atoms with Crippen LogP contribution < -0.4 is 16.0 Å². The van der Waals surface area contributed by atoms with Gasteiger partial charge in [0.2, 0.25) is 0 Å². The van der Waals surface area contributed by atoms with E-state index >= 15 is 0 Å². The summed E-state index contributed by atoms with van der Waals surface area (Å²) < 4.78 is 38.2. The first-order valence-corrected chi connectivity index (χ1v) is 9.19. The van der Waals surface area contributed by atoms with Gasteiger partial charge in [-0.1, -0.05) is 0 Å². The molecule has 3 N–H and O–H groups in total. The second-order valence-corrected chi connectivity index (χ2v) is 7.37. The zero-order chi connectivity index (χ0) is 17.9. The van der Waals surface area contributed by atoms with Gasteiger partial charge in [0.05, 0.1) is 17.8 Å². The molecule has 2 heterocycles. The van der Waals surface area contributed by atoms with Crippen molar-refractivity contribution >= 4 is 11.5 Å². The molecule has 0 unspecified atom stereocenters. The van der Waals surface area contributed by atoms with E-state index in [9.17, 15) is 13.2 Å². The van der Waals surface area contributed by atoms with E-state index in [2.05, 4.69) is 10.3 Å². The number of nitrogens with zero attached hydrogens (tertiary/aromatic N) is 2. The van der Waals surface area contributed by atoms with E-state index < -0.39 is 12.1 Å². The number of aromatic nitrogens is 1. The molecule has 1 aliphatic carbocycles.